The highest BCUT2D eigenvalue weighted by Crippen LogP contribution is 2.16. The number of aromatic nitrogens is 3. The van der Waals surface area contributed by atoms with E-state index in [0.29, 0.717) is 24.8 Å². The number of carbonyl (C=O) groups excluding carboxylic acids is 4. The van der Waals surface area contributed by atoms with Crippen LogP contribution in [0.2, 0.25) is 0 Å². The maximum atomic E-state index is 14.5. The van der Waals surface area contributed by atoms with Gasteiger partial charge in [0.1, 0.15) is 23.5 Å². The third kappa shape index (κ3) is 7.43. The lowest BCUT2D eigenvalue weighted by atomic mass is 10.0. The summed E-state index contributed by atoms with van der Waals surface area (Å²) in [5.74, 6) is -3.90. The monoisotopic (exact) mass is 552 g/mol. The number of allylic oxidation sites excluding steroid dienone is 3. The molecular formula is C28H30F2N6O4. The van der Waals surface area contributed by atoms with E-state index in [1.165, 1.54) is 18.2 Å². The first-order valence-corrected chi connectivity index (χ1v) is 12.6. The SMILES string of the molecule is CC/C=C(\C)C(CC/C=C/CC=O)NC(=O)c1cc(C(=O)NCc2ccc(F)c(C(N)=O)c2)nc2c(F)cnn12. The summed E-state index contributed by atoms with van der Waals surface area (Å²) in [6, 6.07) is 4.47. The number of hydrogen-bond acceptors (Lipinski definition) is 6. The minimum absolute atomic E-state index is 0.109. The molecule has 0 aliphatic heterocycles. The molecule has 0 radical (unpaired) electrons. The number of amides is 3. The average molecular weight is 553 g/mol. The van der Waals surface area contributed by atoms with Crippen molar-refractivity contribution in [1.82, 2.24) is 25.2 Å². The molecule has 12 heteroatoms. The van der Waals surface area contributed by atoms with Gasteiger partial charge >= 0.3 is 0 Å². The fourth-order valence-corrected chi connectivity index (χ4v) is 4.00. The second-order valence-electron chi connectivity index (χ2n) is 8.95. The van der Waals surface area contributed by atoms with Crippen LogP contribution in [-0.2, 0) is 11.3 Å². The number of nitrogens with two attached hydrogens (primary N) is 1. The highest BCUT2D eigenvalue weighted by atomic mass is 19.1. The minimum Gasteiger partial charge on any atom is -0.366 e. The van der Waals surface area contributed by atoms with Gasteiger partial charge in [0.2, 0.25) is 0 Å². The van der Waals surface area contributed by atoms with Crippen LogP contribution in [0.5, 0.6) is 0 Å². The molecule has 2 aromatic heterocycles. The van der Waals surface area contributed by atoms with Crippen LogP contribution >= 0.6 is 0 Å². The van der Waals surface area contributed by atoms with Crippen molar-refractivity contribution in [2.45, 2.75) is 52.1 Å². The predicted molar refractivity (Wildman–Crippen MR) is 143 cm³/mol. The van der Waals surface area contributed by atoms with E-state index < -0.39 is 29.4 Å². The van der Waals surface area contributed by atoms with Gasteiger partial charge < -0.3 is 21.2 Å². The fourth-order valence-electron chi connectivity index (χ4n) is 4.00. The number of carbonyl (C=O) groups is 4. The Balaban J connectivity index is 1.85. The van der Waals surface area contributed by atoms with Gasteiger partial charge in [-0.1, -0.05) is 36.8 Å². The van der Waals surface area contributed by atoms with Crippen molar-refractivity contribution in [1.29, 1.82) is 0 Å². The molecule has 10 nitrogen and oxygen atoms in total. The number of hydrogen-bond donors (Lipinski definition) is 3. The van der Waals surface area contributed by atoms with E-state index in [1.54, 1.807) is 6.08 Å². The van der Waals surface area contributed by atoms with E-state index in [4.69, 9.17) is 5.73 Å². The quantitative estimate of drug-likeness (QED) is 0.219. The summed E-state index contributed by atoms with van der Waals surface area (Å²) in [6.07, 6.45) is 9.47. The Morgan fingerprint density at radius 1 is 1.12 bits per heavy atom. The van der Waals surface area contributed by atoms with Crippen molar-refractivity contribution in [3.8, 4) is 0 Å². The van der Waals surface area contributed by atoms with E-state index in [9.17, 15) is 28.0 Å². The van der Waals surface area contributed by atoms with E-state index in [1.807, 2.05) is 26.0 Å². The van der Waals surface area contributed by atoms with E-state index >= 15 is 0 Å². The smallest absolute Gasteiger partial charge is 0.270 e. The number of primary amides is 1. The Morgan fingerprint density at radius 3 is 2.60 bits per heavy atom. The van der Waals surface area contributed by atoms with Crippen LogP contribution in [0.3, 0.4) is 0 Å². The van der Waals surface area contributed by atoms with E-state index in [0.717, 1.165) is 35.1 Å². The number of nitrogens with one attached hydrogen (secondary N) is 2. The largest absolute Gasteiger partial charge is 0.366 e. The number of aldehydes is 1. The summed E-state index contributed by atoms with van der Waals surface area (Å²) in [5, 5.41) is 9.39. The fraction of sp³-hybridized carbons (Fsp3) is 0.286. The molecule has 0 spiro atoms. The van der Waals surface area contributed by atoms with Crippen molar-refractivity contribution >= 4 is 29.7 Å². The van der Waals surface area contributed by atoms with Gasteiger partial charge in [-0.25, -0.2) is 18.3 Å². The highest BCUT2D eigenvalue weighted by molar-refractivity contribution is 5.98. The maximum Gasteiger partial charge on any atom is 0.270 e. The maximum absolute atomic E-state index is 14.5. The van der Waals surface area contributed by atoms with Crippen molar-refractivity contribution in [2.75, 3.05) is 0 Å². The number of benzene rings is 1. The third-order valence-electron chi connectivity index (χ3n) is 6.05. The number of fused-ring (bicyclic) bond motifs is 1. The number of nitrogens with zero attached hydrogens (tertiary/aromatic N) is 3. The zero-order valence-corrected chi connectivity index (χ0v) is 22.1. The van der Waals surface area contributed by atoms with Crippen LogP contribution in [0.15, 0.2) is 54.3 Å². The van der Waals surface area contributed by atoms with Crippen LogP contribution in [0.1, 0.15) is 76.4 Å². The molecule has 2 heterocycles. The molecule has 40 heavy (non-hydrogen) atoms. The molecule has 1 unspecified atom stereocenters. The first kappa shape index (κ1) is 29.8. The molecule has 1 aromatic carbocycles. The molecule has 3 aromatic rings. The lowest BCUT2D eigenvalue weighted by Crippen LogP contribution is -2.37. The van der Waals surface area contributed by atoms with E-state index in [-0.39, 0.29) is 35.2 Å². The molecule has 0 saturated heterocycles. The lowest BCUT2D eigenvalue weighted by Gasteiger charge is -2.20. The van der Waals surface area contributed by atoms with Gasteiger partial charge in [0, 0.05) is 19.0 Å². The first-order chi connectivity index (χ1) is 19.2. The van der Waals surface area contributed by atoms with E-state index in [2.05, 4.69) is 20.7 Å². The van der Waals surface area contributed by atoms with Crippen molar-refractivity contribution < 1.29 is 28.0 Å². The van der Waals surface area contributed by atoms with Gasteiger partial charge in [-0.15, -0.1) is 0 Å². The van der Waals surface area contributed by atoms with Crippen molar-refractivity contribution in [3.63, 3.8) is 0 Å². The molecule has 210 valence electrons. The number of rotatable bonds is 13. The Kier molecular flexibility index (Phi) is 10.3. The van der Waals surface area contributed by atoms with Crippen LogP contribution in [-0.4, -0.2) is 44.6 Å². The van der Waals surface area contributed by atoms with Crippen LogP contribution in [0.25, 0.3) is 5.65 Å². The van der Waals surface area contributed by atoms with Gasteiger partial charge in [-0.3, -0.25) is 14.4 Å². The summed E-state index contributed by atoms with van der Waals surface area (Å²) in [7, 11) is 0. The second-order valence-corrected chi connectivity index (χ2v) is 8.95. The summed E-state index contributed by atoms with van der Waals surface area (Å²) >= 11 is 0. The average Bonchev–Trinajstić information content (AvgIpc) is 3.31. The summed E-state index contributed by atoms with van der Waals surface area (Å²) < 4.78 is 29.2. The van der Waals surface area contributed by atoms with Crippen molar-refractivity contribution in [2.24, 2.45) is 5.73 Å². The Hall–Kier alpha value is -4.74. The molecule has 0 saturated carbocycles. The molecule has 0 bridgehead atoms. The molecule has 3 amide bonds. The van der Waals surface area contributed by atoms with Gasteiger partial charge in [0.05, 0.1) is 17.8 Å². The van der Waals surface area contributed by atoms with Gasteiger partial charge in [-0.05, 0) is 43.9 Å². The molecule has 1 atom stereocenters. The molecular weight excluding hydrogens is 522 g/mol. The summed E-state index contributed by atoms with van der Waals surface area (Å²) in [5.41, 5.74) is 5.48. The predicted octanol–water partition coefficient (Wildman–Crippen LogP) is 3.42. The summed E-state index contributed by atoms with van der Waals surface area (Å²) in [6.45, 7) is 3.74. The minimum atomic E-state index is -0.955. The normalized spacial score (nSPS) is 12.4. The molecule has 0 aliphatic rings. The topological polar surface area (TPSA) is 149 Å². The molecule has 0 fully saturated rings. The third-order valence-corrected chi connectivity index (χ3v) is 6.05. The van der Waals surface area contributed by atoms with Crippen LogP contribution < -0.4 is 16.4 Å². The van der Waals surface area contributed by atoms with Gasteiger partial charge in [0.15, 0.2) is 11.5 Å². The zero-order chi connectivity index (χ0) is 29.2. The summed E-state index contributed by atoms with van der Waals surface area (Å²) in [4.78, 5) is 52.3. The highest BCUT2D eigenvalue weighted by Gasteiger charge is 2.22. The number of halogens is 2. The Bertz CT molecular complexity index is 1480. The molecule has 3 rings (SSSR count). The van der Waals surface area contributed by atoms with Crippen LogP contribution in [0.4, 0.5) is 8.78 Å². The molecule has 4 N–H and O–H groups in total. The second kappa shape index (κ2) is 13.9. The van der Waals surface area contributed by atoms with Gasteiger partial charge in [-0.2, -0.15) is 5.10 Å². The first-order valence-electron chi connectivity index (χ1n) is 12.6. The van der Waals surface area contributed by atoms with Crippen LogP contribution in [0, 0.1) is 11.6 Å². The van der Waals surface area contributed by atoms with Gasteiger partial charge in [0.25, 0.3) is 17.7 Å². The Morgan fingerprint density at radius 2 is 1.90 bits per heavy atom. The standard InChI is InChI=1S/C28H30F2N6O4/c1-3-8-17(2)22(9-6-4-5-7-12-37)35-28(40)24-14-23(34-26-21(30)16-33-36(24)26)27(39)32-15-18-10-11-20(29)19(13-18)25(31)38/h4-5,8,10-14,16,22H,3,6-7,9,15H2,1-2H3,(H2,31,38)(H,32,39)(H,35,40)/b5-4+,17-8+. The molecule has 0 aliphatic carbocycles. The van der Waals surface area contributed by atoms with Crippen molar-refractivity contribution in [3.05, 3.63) is 88.4 Å². The lowest BCUT2D eigenvalue weighted by molar-refractivity contribution is -0.107. The zero-order valence-electron chi connectivity index (χ0n) is 22.1. The Labute approximate surface area is 229 Å².